The molecule has 2 aromatic carbocycles. The molecule has 0 saturated heterocycles. The lowest BCUT2D eigenvalue weighted by atomic mass is 10.1. The van der Waals surface area contributed by atoms with Gasteiger partial charge in [-0.25, -0.2) is 0 Å². The van der Waals surface area contributed by atoms with Crippen LogP contribution >= 0.6 is 0 Å². The Morgan fingerprint density at radius 2 is 1.61 bits per heavy atom. The van der Waals surface area contributed by atoms with Crippen molar-refractivity contribution in [3.05, 3.63) is 78.1 Å². The van der Waals surface area contributed by atoms with Gasteiger partial charge in [-0.1, -0.05) is 53.7 Å². The fraction of sp³-hybridized carbons (Fsp3) is 0.227. The topological polar surface area (TPSA) is 66.7 Å². The van der Waals surface area contributed by atoms with E-state index in [1.165, 1.54) is 11.8 Å². The number of benzene rings is 2. The van der Waals surface area contributed by atoms with Crippen LogP contribution < -0.4 is 9.80 Å². The third kappa shape index (κ3) is 4.85. The molecule has 0 fully saturated rings. The predicted octanol–water partition coefficient (Wildman–Crippen LogP) is 3.96. The van der Waals surface area contributed by atoms with Gasteiger partial charge >= 0.3 is 0 Å². The first kappa shape index (κ1) is 19.4. The lowest BCUT2D eigenvalue weighted by molar-refractivity contribution is -0.118. The van der Waals surface area contributed by atoms with Crippen molar-refractivity contribution in [1.82, 2.24) is 5.16 Å². The molecule has 0 unspecified atom stereocenters. The van der Waals surface area contributed by atoms with E-state index in [1.807, 2.05) is 60.7 Å². The van der Waals surface area contributed by atoms with Gasteiger partial charge in [0.25, 0.3) is 0 Å². The summed E-state index contributed by atoms with van der Waals surface area (Å²) >= 11 is 0. The summed E-state index contributed by atoms with van der Waals surface area (Å²) in [5.74, 6) is 0.784. The van der Waals surface area contributed by atoms with Crippen LogP contribution in [0.3, 0.4) is 0 Å². The summed E-state index contributed by atoms with van der Waals surface area (Å²) in [6.07, 6.45) is 0.174. The third-order valence-corrected chi connectivity index (χ3v) is 4.37. The summed E-state index contributed by atoms with van der Waals surface area (Å²) < 4.78 is 5.06. The van der Waals surface area contributed by atoms with E-state index < -0.39 is 0 Å². The molecule has 0 radical (unpaired) electrons. The maximum Gasteiger partial charge on any atom is 0.229 e. The number of amides is 2. The fourth-order valence-electron chi connectivity index (χ4n) is 2.95. The minimum atomic E-state index is -0.185. The maximum atomic E-state index is 13.1. The highest BCUT2D eigenvalue weighted by molar-refractivity contribution is 5.95. The van der Waals surface area contributed by atoms with Crippen LogP contribution in [0, 0.1) is 6.92 Å². The first-order chi connectivity index (χ1) is 13.5. The van der Waals surface area contributed by atoms with Gasteiger partial charge in [-0.2, -0.15) is 0 Å². The highest BCUT2D eigenvalue weighted by Gasteiger charge is 2.21. The Morgan fingerprint density at radius 3 is 2.18 bits per heavy atom. The van der Waals surface area contributed by atoms with Crippen LogP contribution in [0.25, 0.3) is 0 Å². The standard InChI is InChI=1S/C22H23N3O3/c1-17-15-21(23-28-17)24(18(2)26)14-13-22(27)25(20-11-7-4-8-12-20)16-19-9-5-3-6-10-19/h3-12,15H,13-14,16H2,1-2H3. The van der Waals surface area contributed by atoms with Crippen molar-refractivity contribution in [2.24, 2.45) is 0 Å². The van der Waals surface area contributed by atoms with Gasteiger partial charge in [-0.05, 0) is 24.6 Å². The molecule has 6 heteroatoms. The Balaban J connectivity index is 1.76. The molecule has 28 heavy (non-hydrogen) atoms. The van der Waals surface area contributed by atoms with Gasteiger partial charge in [0, 0.05) is 31.6 Å². The van der Waals surface area contributed by atoms with Gasteiger partial charge in [0.2, 0.25) is 11.8 Å². The second-order valence-electron chi connectivity index (χ2n) is 6.52. The zero-order chi connectivity index (χ0) is 19.9. The molecule has 0 atom stereocenters. The van der Waals surface area contributed by atoms with Crippen molar-refractivity contribution < 1.29 is 14.1 Å². The van der Waals surface area contributed by atoms with Crippen LogP contribution in [0.5, 0.6) is 0 Å². The van der Waals surface area contributed by atoms with E-state index in [-0.39, 0.29) is 24.8 Å². The number of anilines is 2. The van der Waals surface area contributed by atoms with Gasteiger partial charge < -0.3 is 9.42 Å². The number of nitrogens with zero attached hydrogens (tertiary/aromatic N) is 3. The molecular formula is C22H23N3O3. The van der Waals surface area contributed by atoms with Crippen molar-refractivity contribution in [2.45, 2.75) is 26.8 Å². The summed E-state index contributed by atoms with van der Waals surface area (Å²) in [7, 11) is 0. The Hall–Kier alpha value is -3.41. The molecule has 0 aliphatic heterocycles. The van der Waals surface area contributed by atoms with Crippen LogP contribution in [-0.4, -0.2) is 23.5 Å². The monoisotopic (exact) mass is 377 g/mol. The van der Waals surface area contributed by atoms with Crippen LogP contribution in [0.2, 0.25) is 0 Å². The molecular weight excluding hydrogens is 354 g/mol. The second-order valence-corrected chi connectivity index (χ2v) is 6.52. The molecule has 144 valence electrons. The fourth-order valence-corrected chi connectivity index (χ4v) is 2.95. The number of aromatic nitrogens is 1. The highest BCUT2D eigenvalue weighted by Crippen LogP contribution is 2.20. The number of carbonyl (C=O) groups excluding carboxylic acids is 2. The number of rotatable bonds is 7. The largest absolute Gasteiger partial charge is 0.360 e. The van der Waals surface area contributed by atoms with E-state index in [4.69, 9.17) is 4.52 Å². The average molecular weight is 377 g/mol. The van der Waals surface area contributed by atoms with Crippen LogP contribution in [-0.2, 0) is 16.1 Å². The smallest absolute Gasteiger partial charge is 0.229 e. The molecule has 1 heterocycles. The molecule has 1 aromatic heterocycles. The number of hydrogen-bond donors (Lipinski definition) is 0. The van der Waals surface area contributed by atoms with E-state index in [0.717, 1.165) is 11.3 Å². The molecule has 3 aromatic rings. The van der Waals surface area contributed by atoms with Crippen molar-refractivity contribution in [3.63, 3.8) is 0 Å². The summed E-state index contributed by atoms with van der Waals surface area (Å²) in [5, 5.41) is 3.89. The average Bonchev–Trinajstić information content (AvgIpc) is 3.13. The van der Waals surface area contributed by atoms with E-state index >= 15 is 0 Å². The van der Waals surface area contributed by atoms with E-state index in [1.54, 1.807) is 17.9 Å². The summed E-state index contributed by atoms with van der Waals surface area (Å²) in [6.45, 7) is 3.91. The first-order valence-corrected chi connectivity index (χ1v) is 9.15. The molecule has 2 amide bonds. The summed E-state index contributed by atoms with van der Waals surface area (Å²) in [4.78, 5) is 28.3. The lowest BCUT2D eigenvalue weighted by Gasteiger charge is -2.25. The van der Waals surface area contributed by atoms with Crippen molar-refractivity contribution >= 4 is 23.3 Å². The molecule has 0 aliphatic carbocycles. The second kappa shape index (κ2) is 8.99. The zero-order valence-electron chi connectivity index (χ0n) is 16.0. The highest BCUT2D eigenvalue weighted by atomic mass is 16.5. The molecule has 0 aliphatic rings. The Labute approximate surface area is 164 Å². The minimum absolute atomic E-state index is 0.0680. The first-order valence-electron chi connectivity index (χ1n) is 9.15. The van der Waals surface area contributed by atoms with Crippen LogP contribution in [0.15, 0.2) is 71.3 Å². The minimum Gasteiger partial charge on any atom is -0.360 e. The van der Waals surface area contributed by atoms with E-state index in [0.29, 0.717) is 18.1 Å². The van der Waals surface area contributed by atoms with Crippen LogP contribution in [0.1, 0.15) is 24.7 Å². The number of carbonyl (C=O) groups is 2. The molecule has 0 bridgehead atoms. The van der Waals surface area contributed by atoms with Crippen molar-refractivity contribution in [1.29, 1.82) is 0 Å². The van der Waals surface area contributed by atoms with Gasteiger partial charge in [-0.15, -0.1) is 0 Å². The Bertz CT molecular complexity index is 922. The number of para-hydroxylation sites is 1. The maximum absolute atomic E-state index is 13.1. The van der Waals surface area contributed by atoms with Gasteiger partial charge in [0.15, 0.2) is 5.82 Å². The van der Waals surface area contributed by atoms with Crippen molar-refractivity contribution in [3.8, 4) is 0 Å². The summed E-state index contributed by atoms with van der Waals surface area (Å²) in [6, 6.07) is 21.1. The Morgan fingerprint density at radius 1 is 0.964 bits per heavy atom. The lowest BCUT2D eigenvalue weighted by Crippen LogP contribution is -2.36. The normalized spacial score (nSPS) is 10.5. The Kier molecular flexibility index (Phi) is 6.22. The molecule has 0 saturated carbocycles. The molecule has 6 nitrogen and oxygen atoms in total. The van der Waals surface area contributed by atoms with Gasteiger partial charge in [0.05, 0.1) is 6.54 Å². The predicted molar refractivity (Wildman–Crippen MR) is 108 cm³/mol. The molecule has 0 spiro atoms. The van der Waals surface area contributed by atoms with E-state index in [9.17, 15) is 9.59 Å². The van der Waals surface area contributed by atoms with Crippen molar-refractivity contribution in [2.75, 3.05) is 16.3 Å². The summed E-state index contributed by atoms with van der Waals surface area (Å²) in [5.41, 5.74) is 1.86. The van der Waals surface area contributed by atoms with E-state index in [2.05, 4.69) is 5.16 Å². The van der Waals surface area contributed by atoms with Gasteiger partial charge in [-0.3, -0.25) is 14.5 Å². The zero-order valence-corrected chi connectivity index (χ0v) is 16.0. The quantitative estimate of drug-likeness (QED) is 0.625. The number of hydrogen-bond acceptors (Lipinski definition) is 4. The van der Waals surface area contributed by atoms with Crippen LogP contribution in [0.4, 0.5) is 11.5 Å². The molecule has 0 N–H and O–H groups in total. The van der Waals surface area contributed by atoms with Gasteiger partial charge in [0.1, 0.15) is 5.76 Å². The SMILES string of the molecule is CC(=O)N(CCC(=O)N(Cc1ccccc1)c1ccccc1)c1cc(C)on1. The third-order valence-electron chi connectivity index (χ3n) is 4.37. The number of aryl methyl sites for hydroxylation is 1. The molecule has 3 rings (SSSR count).